The summed E-state index contributed by atoms with van der Waals surface area (Å²) in [6, 6.07) is 2.32. The van der Waals surface area contributed by atoms with Crippen LogP contribution in [0.1, 0.15) is 30.1 Å². The van der Waals surface area contributed by atoms with Crippen LogP contribution in [0.15, 0.2) is 0 Å². The second kappa shape index (κ2) is 3.31. The molecule has 5 heteroatoms. The highest BCUT2D eigenvalue weighted by Gasteiger charge is 2.24. The molecule has 1 saturated heterocycles. The molecule has 5 nitrogen and oxygen atoms in total. The van der Waals surface area contributed by atoms with Crippen LogP contribution in [-0.4, -0.2) is 16.3 Å². The zero-order chi connectivity index (χ0) is 10.1. The van der Waals surface area contributed by atoms with Crippen molar-refractivity contribution in [3.8, 4) is 6.07 Å². The van der Waals surface area contributed by atoms with Crippen molar-refractivity contribution in [3.05, 3.63) is 11.3 Å². The lowest BCUT2D eigenvalue weighted by molar-refractivity contribution is 0.606. The predicted molar refractivity (Wildman–Crippen MR) is 52.3 cm³/mol. The number of nitrogens with two attached hydrogens (primary N) is 1. The van der Waals surface area contributed by atoms with E-state index in [2.05, 4.69) is 16.5 Å². The maximum Gasteiger partial charge on any atom is 0.139 e. The minimum atomic E-state index is 0.202. The Balaban J connectivity index is 2.42. The Morgan fingerprint density at radius 1 is 1.71 bits per heavy atom. The summed E-state index contributed by atoms with van der Waals surface area (Å²) in [7, 11) is 1.76. The fourth-order valence-corrected chi connectivity index (χ4v) is 1.83. The van der Waals surface area contributed by atoms with Gasteiger partial charge in [-0.2, -0.15) is 10.4 Å². The van der Waals surface area contributed by atoms with E-state index in [1.54, 1.807) is 11.7 Å². The van der Waals surface area contributed by atoms with Crippen LogP contribution in [0.25, 0.3) is 0 Å². The maximum absolute atomic E-state index is 8.96. The first kappa shape index (κ1) is 9.03. The number of anilines is 1. The number of rotatable bonds is 1. The second-order valence-electron chi connectivity index (χ2n) is 3.53. The zero-order valence-corrected chi connectivity index (χ0v) is 8.12. The molecule has 74 valence electrons. The van der Waals surface area contributed by atoms with Crippen LogP contribution in [0.5, 0.6) is 0 Å². The minimum Gasteiger partial charge on any atom is -0.383 e. The van der Waals surface area contributed by atoms with E-state index >= 15 is 0 Å². The fraction of sp³-hybridized carbons (Fsp3) is 0.556. The lowest BCUT2D eigenvalue weighted by Gasteiger charge is -2.05. The van der Waals surface area contributed by atoms with Gasteiger partial charge in [-0.1, -0.05) is 0 Å². The van der Waals surface area contributed by atoms with E-state index in [9.17, 15) is 0 Å². The second-order valence-corrected chi connectivity index (χ2v) is 3.53. The van der Waals surface area contributed by atoms with Gasteiger partial charge in [-0.25, -0.2) is 0 Å². The quantitative estimate of drug-likeness (QED) is 0.669. The highest BCUT2D eigenvalue weighted by molar-refractivity contribution is 5.52. The molecule has 0 unspecified atom stereocenters. The third-order valence-corrected chi connectivity index (χ3v) is 2.62. The van der Waals surface area contributed by atoms with Gasteiger partial charge in [0.15, 0.2) is 0 Å². The Labute approximate surface area is 82.5 Å². The first-order valence-corrected chi connectivity index (χ1v) is 4.70. The van der Waals surface area contributed by atoms with Gasteiger partial charge in [0, 0.05) is 7.05 Å². The molecule has 1 fully saturated rings. The van der Waals surface area contributed by atoms with E-state index in [0.29, 0.717) is 11.4 Å². The monoisotopic (exact) mass is 191 g/mol. The van der Waals surface area contributed by atoms with Crippen molar-refractivity contribution in [1.82, 2.24) is 15.1 Å². The Kier molecular flexibility index (Phi) is 2.14. The Hall–Kier alpha value is -1.54. The topological polar surface area (TPSA) is 79.7 Å². The van der Waals surface area contributed by atoms with Crippen LogP contribution in [0.2, 0.25) is 0 Å². The van der Waals surface area contributed by atoms with Crippen LogP contribution in [0.3, 0.4) is 0 Å². The van der Waals surface area contributed by atoms with Crippen molar-refractivity contribution in [2.24, 2.45) is 7.05 Å². The SMILES string of the molecule is Cn1nc([C@@H]2CCCN2)c(C#N)c1N. The van der Waals surface area contributed by atoms with Crippen molar-refractivity contribution in [2.45, 2.75) is 18.9 Å². The number of nitrogen functional groups attached to an aromatic ring is 1. The number of aryl methyl sites for hydroxylation is 1. The number of hydrogen-bond donors (Lipinski definition) is 2. The number of aromatic nitrogens is 2. The van der Waals surface area contributed by atoms with Gasteiger partial charge >= 0.3 is 0 Å². The molecule has 1 aromatic rings. The van der Waals surface area contributed by atoms with Crippen molar-refractivity contribution in [2.75, 3.05) is 12.3 Å². The molecule has 2 heterocycles. The summed E-state index contributed by atoms with van der Waals surface area (Å²) in [6.07, 6.45) is 2.16. The van der Waals surface area contributed by atoms with Crippen LogP contribution in [0.4, 0.5) is 5.82 Å². The van der Waals surface area contributed by atoms with E-state index in [0.717, 1.165) is 25.1 Å². The third-order valence-electron chi connectivity index (χ3n) is 2.62. The van der Waals surface area contributed by atoms with Gasteiger partial charge in [-0.15, -0.1) is 0 Å². The largest absolute Gasteiger partial charge is 0.383 e. The Bertz CT molecular complexity index is 381. The lowest BCUT2D eigenvalue weighted by Crippen LogP contribution is -2.14. The molecule has 1 atom stereocenters. The zero-order valence-electron chi connectivity index (χ0n) is 8.12. The highest BCUT2D eigenvalue weighted by atomic mass is 15.3. The normalized spacial score (nSPS) is 21.0. The Morgan fingerprint density at radius 3 is 3.07 bits per heavy atom. The van der Waals surface area contributed by atoms with Gasteiger partial charge in [0.25, 0.3) is 0 Å². The van der Waals surface area contributed by atoms with Crippen LogP contribution >= 0.6 is 0 Å². The van der Waals surface area contributed by atoms with Crippen molar-refractivity contribution >= 4 is 5.82 Å². The number of nitrogens with one attached hydrogen (secondary N) is 1. The summed E-state index contributed by atoms with van der Waals surface area (Å²) >= 11 is 0. The fourth-order valence-electron chi connectivity index (χ4n) is 1.83. The van der Waals surface area contributed by atoms with Crippen molar-refractivity contribution < 1.29 is 0 Å². The summed E-state index contributed by atoms with van der Waals surface area (Å²) in [6.45, 7) is 0.992. The predicted octanol–water partition coefficient (Wildman–Crippen LogP) is 0.298. The molecule has 0 spiro atoms. The van der Waals surface area contributed by atoms with Crippen molar-refractivity contribution in [3.63, 3.8) is 0 Å². The van der Waals surface area contributed by atoms with Crippen LogP contribution in [0, 0.1) is 11.3 Å². The third kappa shape index (κ3) is 1.24. The molecule has 0 bridgehead atoms. The van der Waals surface area contributed by atoms with Gasteiger partial charge in [0.1, 0.15) is 17.5 Å². The maximum atomic E-state index is 8.96. The molecule has 0 radical (unpaired) electrons. The van der Waals surface area contributed by atoms with Gasteiger partial charge < -0.3 is 11.1 Å². The molecule has 1 aliphatic rings. The molecular weight excluding hydrogens is 178 g/mol. The molecule has 3 N–H and O–H groups in total. The minimum absolute atomic E-state index is 0.202. The summed E-state index contributed by atoms with van der Waals surface area (Å²) in [5, 5.41) is 16.5. The number of nitriles is 1. The first-order valence-electron chi connectivity index (χ1n) is 4.70. The van der Waals surface area contributed by atoms with E-state index in [1.807, 2.05) is 0 Å². The molecule has 2 rings (SSSR count). The Morgan fingerprint density at radius 2 is 2.50 bits per heavy atom. The van der Waals surface area contributed by atoms with Gasteiger partial charge in [0.2, 0.25) is 0 Å². The summed E-state index contributed by atoms with van der Waals surface area (Å²) < 4.78 is 1.56. The highest BCUT2D eigenvalue weighted by Crippen LogP contribution is 2.27. The number of nitrogens with zero attached hydrogens (tertiary/aromatic N) is 3. The van der Waals surface area contributed by atoms with E-state index < -0.39 is 0 Å². The number of hydrogen-bond acceptors (Lipinski definition) is 4. The van der Waals surface area contributed by atoms with E-state index in [1.165, 1.54) is 0 Å². The first-order chi connectivity index (χ1) is 6.74. The standard InChI is InChI=1S/C9H13N5/c1-14-9(11)6(5-10)8(13-14)7-3-2-4-12-7/h7,12H,2-4,11H2,1H3/t7-/m0/s1. The van der Waals surface area contributed by atoms with E-state index in [4.69, 9.17) is 11.0 Å². The molecule has 1 aliphatic heterocycles. The summed E-state index contributed by atoms with van der Waals surface area (Å²) in [5.74, 6) is 0.455. The summed E-state index contributed by atoms with van der Waals surface area (Å²) in [5.41, 5.74) is 7.05. The lowest BCUT2D eigenvalue weighted by atomic mass is 10.1. The average molecular weight is 191 g/mol. The molecule has 0 amide bonds. The molecular formula is C9H13N5. The molecule has 0 aromatic carbocycles. The molecule has 14 heavy (non-hydrogen) atoms. The molecule has 0 aliphatic carbocycles. The van der Waals surface area contributed by atoms with E-state index in [-0.39, 0.29) is 6.04 Å². The van der Waals surface area contributed by atoms with Crippen LogP contribution in [-0.2, 0) is 7.05 Å². The van der Waals surface area contributed by atoms with Gasteiger partial charge in [-0.3, -0.25) is 4.68 Å². The summed E-state index contributed by atoms with van der Waals surface area (Å²) in [4.78, 5) is 0. The van der Waals surface area contributed by atoms with Crippen LogP contribution < -0.4 is 11.1 Å². The van der Waals surface area contributed by atoms with Gasteiger partial charge in [0.05, 0.1) is 11.7 Å². The molecule has 0 saturated carbocycles. The van der Waals surface area contributed by atoms with Crippen molar-refractivity contribution in [1.29, 1.82) is 5.26 Å². The van der Waals surface area contributed by atoms with Gasteiger partial charge in [-0.05, 0) is 19.4 Å². The average Bonchev–Trinajstić information content (AvgIpc) is 2.76. The smallest absolute Gasteiger partial charge is 0.139 e. The molecule has 1 aromatic heterocycles.